The number of nitrogens with one attached hydrogen (secondary N) is 1. The van der Waals surface area contributed by atoms with Gasteiger partial charge in [0.25, 0.3) is 0 Å². The molecule has 1 unspecified atom stereocenters. The fourth-order valence-corrected chi connectivity index (χ4v) is 2.29. The molecule has 3 N–H and O–H groups in total. The summed E-state index contributed by atoms with van der Waals surface area (Å²) in [6, 6.07) is 6.29. The van der Waals surface area contributed by atoms with Gasteiger partial charge in [-0.15, -0.1) is 0 Å². The van der Waals surface area contributed by atoms with Crippen LogP contribution in [0, 0.1) is 12.7 Å². The molecule has 2 aromatic rings. The first-order valence-corrected chi connectivity index (χ1v) is 6.30. The second-order valence-electron chi connectivity index (χ2n) is 4.54. The summed E-state index contributed by atoms with van der Waals surface area (Å²) >= 11 is 0. The van der Waals surface area contributed by atoms with E-state index in [0.29, 0.717) is 17.1 Å². The molecule has 0 amide bonds. The van der Waals surface area contributed by atoms with Crippen molar-refractivity contribution in [3.05, 3.63) is 53.0 Å². The van der Waals surface area contributed by atoms with Crippen molar-refractivity contribution in [2.45, 2.75) is 13.0 Å². The van der Waals surface area contributed by atoms with Gasteiger partial charge in [-0.1, -0.05) is 6.07 Å². The van der Waals surface area contributed by atoms with E-state index in [4.69, 9.17) is 10.5 Å². The lowest BCUT2D eigenvalue weighted by Crippen LogP contribution is -2.21. The lowest BCUT2D eigenvalue weighted by atomic mass is 9.95. The van der Waals surface area contributed by atoms with Crippen LogP contribution in [0.5, 0.6) is 5.75 Å². The summed E-state index contributed by atoms with van der Waals surface area (Å²) in [6.45, 7) is 1.93. The average Bonchev–Trinajstić information content (AvgIpc) is 2.43. The second-order valence-corrected chi connectivity index (χ2v) is 4.54. The number of hydrogen-bond donors (Lipinski definition) is 2. The van der Waals surface area contributed by atoms with Crippen molar-refractivity contribution in [3.63, 3.8) is 0 Å². The summed E-state index contributed by atoms with van der Waals surface area (Å²) in [5.41, 5.74) is 8.21. The molecule has 20 heavy (non-hydrogen) atoms. The molecule has 1 aromatic heterocycles. The molecular weight excluding hydrogens is 257 g/mol. The van der Waals surface area contributed by atoms with E-state index >= 15 is 0 Å². The predicted molar refractivity (Wildman–Crippen MR) is 77.2 cm³/mol. The van der Waals surface area contributed by atoms with Gasteiger partial charge in [0.2, 0.25) is 0 Å². The molecule has 0 spiro atoms. The molecule has 1 heterocycles. The highest BCUT2D eigenvalue weighted by atomic mass is 19.1. The van der Waals surface area contributed by atoms with Gasteiger partial charge in [-0.05, 0) is 31.7 Å². The molecule has 5 heteroatoms. The van der Waals surface area contributed by atoms with Gasteiger partial charge in [0.1, 0.15) is 17.4 Å². The maximum Gasteiger partial charge on any atom is 0.132 e. The van der Waals surface area contributed by atoms with Crippen LogP contribution in [-0.4, -0.2) is 19.1 Å². The fraction of sp³-hybridized carbons (Fsp3) is 0.267. The van der Waals surface area contributed by atoms with Gasteiger partial charge in [0.15, 0.2) is 0 Å². The first kappa shape index (κ1) is 14.3. The van der Waals surface area contributed by atoms with Crippen molar-refractivity contribution in [1.29, 1.82) is 0 Å². The third-order valence-electron chi connectivity index (χ3n) is 3.33. The fourth-order valence-electron chi connectivity index (χ4n) is 2.29. The minimum atomic E-state index is -0.352. The molecule has 0 bridgehead atoms. The average molecular weight is 275 g/mol. The molecule has 4 nitrogen and oxygen atoms in total. The number of nitrogen functional groups attached to an aromatic ring is 1. The Labute approximate surface area is 117 Å². The van der Waals surface area contributed by atoms with Crippen LogP contribution in [0.2, 0.25) is 0 Å². The Morgan fingerprint density at radius 3 is 2.65 bits per heavy atom. The highest BCUT2D eigenvalue weighted by Crippen LogP contribution is 2.31. The molecule has 0 saturated carbocycles. The number of ether oxygens (including phenoxy) is 1. The zero-order chi connectivity index (χ0) is 14.7. The summed E-state index contributed by atoms with van der Waals surface area (Å²) in [6.07, 6.45) is 1.64. The van der Waals surface area contributed by atoms with Crippen LogP contribution in [-0.2, 0) is 0 Å². The zero-order valence-corrected chi connectivity index (χ0v) is 11.8. The van der Waals surface area contributed by atoms with Crippen LogP contribution in [0.1, 0.15) is 22.7 Å². The van der Waals surface area contributed by atoms with E-state index in [9.17, 15) is 4.39 Å². The van der Waals surface area contributed by atoms with E-state index in [1.807, 2.05) is 13.0 Å². The van der Waals surface area contributed by atoms with Gasteiger partial charge in [0, 0.05) is 23.4 Å². The van der Waals surface area contributed by atoms with Crippen LogP contribution in [0.3, 0.4) is 0 Å². The van der Waals surface area contributed by atoms with Crippen LogP contribution in [0.15, 0.2) is 30.5 Å². The van der Waals surface area contributed by atoms with Crippen LogP contribution >= 0.6 is 0 Å². The van der Waals surface area contributed by atoms with Gasteiger partial charge >= 0.3 is 0 Å². The number of halogens is 1. The first-order chi connectivity index (χ1) is 9.58. The quantitative estimate of drug-likeness (QED) is 0.899. The van der Waals surface area contributed by atoms with Crippen molar-refractivity contribution in [2.75, 3.05) is 19.9 Å². The van der Waals surface area contributed by atoms with E-state index in [2.05, 4.69) is 10.3 Å². The summed E-state index contributed by atoms with van der Waals surface area (Å²) in [5.74, 6) is 0.544. The Bertz CT molecular complexity index is 596. The third kappa shape index (κ3) is 2.58. The van der Waals surface area contributed by atoms with E-state index in [1.165, 1.54) is 13.2 Å². The minimum Gasteiger partial charge on any atom is -0.497 e. The molecule has 0 aliphatic rings. The Balaban J connectivity index is 2.53. The molecule has 0 aliphatic carbocycles. The molecule has 0 saturated heterocycles. The lowest BCUT2D eigenvalue weighted by Gasteiger charge is -2.21. The first-order valence-electron chi connectivity index (χ1n) is 6.30. The van der Waals surface area contributed by atoms with E-state index < -0.39 is 0 Å². The third-order valence-corrected chi connectivity index (χ3v) is 3.33. The van der Waals surface area contributed by atoms with Crippen LogP contribution in [0.4, 0.5) is 10.2 Å². The SMILES string of the molecule is CNC(c1ccc(OC)cc1F)c1c(C)ccnc1N. The normalized spacial score (nSPS) is 12.2. The van der Waals surface area contributed by atoms with Crippen molar-refractivity contribution >= 4 is 5.82 Å². The highest BCUT2D eigenvalue weighted by molar-refractivity contribution is 5.50. The van der Waals surface area contributed by atoms with E-state index in [1.54, 1.807) is 25.4 Å². The smallest absolute Gasteiger partial charge is 0.132 e. The van der Waals surface area contributed by atoms with Crippen molar-refractivity contribution < 1.29 is 9.13 Å². The minimum absolute atomic E-state index is 0.341. The number of benzene rings is 1. The number of anilines is 1. The molecule has 0 fully saturated rings. The monoisotopic (exact) mass is 275 g/mol. The second kappa shape index (κ2) is 5.88. The number of aromatic nitrogens is 1. The summed E-state index contributed by atoms with van der Waals surface area (Å²) in [5, 5.41) is 3.09. The van der Waals surface area contributed by atoms with Crippen LogP contribution < -0.4 is 15.8 Å². The number of nitrogens with two attached hydrogens (primary N) is 1. The van der Waals surface area contributed by atoms with Crippen molar-refractivity contribution in [2.24, 2.45) is 0 Å². The van der Waals surface area contributed by atoms with E-state index in [-0.39, 0.29) is 11.9 Å². The summed E-state index contributed by atoms with van der Waals surface area (Å²) in [4.78, 5) is 4.09. The number of pyridine rings is 1. The standard InChI is InChI=1S/C15H18FN3O/c1-9-6-7-19-15(17)13(9)14(18-2)11-5-4-10(20-3)8-12(11)16/h4-8,14,18H,1-3H3,(H2,17,19). The molecule has 0 aliphatic heterocycles. The Morgan fingerprint density at radius 1 is 1.35 bits per heavy atom. The zero-order valence-electron chi connectivity index (χ0n) is 11.8. The van der Waals surface area contributed by atoms with E-state index in [0.717, 1.165) is 11.1 Å². The Hall–Kier alpha value is -2.14. The van der Waals surface area contributed by atoms with Gasteiger partial charge in [0.05, 0.1) is 13.2 Å². The number of hydrogen-bond acceptors (Lipinski definition) is 4. The van der Waals surface area contributed by atoms with Gasteiger partial charge in [-0.2, -0.15) is 0 Å². The molecule has 2 rings (SSSR count). The molecule has 1 aromatic carbocycles. The molecular formula is C15H18FN3O. The predicted octanol–water partition coefficient (Wildman–Crippen LogP) is 2.43. The topological polar surface area (TPSA) is 60.2 Å². The lowest BCUT2D eigenvalue weighted by molar-refractivity contribution is 0.410. The van der Waals surface area contributed by atoms with Gasteiger partial charge in [-0.25, -0.2) is 9.37 Å². The van der Waals surface area contributed by atoms with Crippen LogP contribution in [0.25, 0.3) is 0 Å². The van der Waals surface area contributed by atoms with Gasteiger partial charge < -0.3 is 15.8 Å². The Kier molecular flexibility index (Phi) is 4.20. The number of methoxy groups -OCH3 is 1. The number of nitrogens with zero attached hydrogens (tertiary/aromatic N) is 1. The van der Waals surface area contributed by atoms with Crippen molar-refractivity contribution in [3.8, 4) is 5.75 Å². The molecule has 0 radical (unpaired) electrons. The summed E-state index contributed by atoms with van der Waals surface area (Å²) < 4.78 is 19.3. The number of rotatable bonds is 4. The van der Waals surface area contributed by atoms with Crippen molar-refractivity contribution in [1.82, 2.24) is 10.3 Å². The highest BCUT2D eigenvalue weighted by Gasteiger charge is 2.21. The van der Waals surface area contributed by atoms with Gasteiger partial charge in [-0.3, -0.25) is 0 Å². The Morgan fingerprint density at radius 2 is 2.10 bits per heavy atom. The molecule has 106 valence electrons. The maximum absolute atomic E-state index is 14.2. The maximum atomic E-state index is 14.2. The molecule has 1 atom stereocenters. The largest absolute Gasteiger partial charge is 0.497 e. The summed E-state index contributed by atoms with van der Waals surface area (Å²) in [7, 11) is 3.27. The number of aryl methyl sites for hydroxylation is 1.